The maximum atomic E-state index is 13.1. The lowest BCUT2D eigenvalue weighted by Gasteiger charge is -2.31. The third-order valence-corrected chi connectivity index (χ3v) is 6.89. The van der Waals surface area contributed by atoms with Gasteiger partial charge in [-0.2, -0.15) is 0 Å². The van der Waals surface area contributed by atoms with Gasteiger partial charge < -0.3 is 10.1 Å². The van der Waals surface area contributed by atoms with Crippen molar-refractivity contribution in [3.05, 3.63) is 84.9 Å². The lowest BCUT2D eigenvalue weighted by atomic mass is 10.00. The normalized spacial score (nSPS) is 13.8. The number of carbonyl (C=O) groups excluding carboxylic acids is 1. The zero-order chi connectivity index (χ0) is 22.9. The number of hydrogen-bond acceptors (Lipinski definition) is 4. The molecule has 4 rings (SSSR count). The van der Waals surface area contributed by atoms with Gasteiger partial charge in [0.15, 0.2) is 0 Å². The Morgan fingerprint density at radius 1 is 1.06 bits per heavy atom. The van der Waals surface area contributed by atoms with Gasteiger partial charge in [0.1, 0.15) is 5.75 Å². The minimum atomic E-state index is -3.70. The molecule has 1 aliphatic rings. The predicted octanol–water partition coefficient (Wildman–Crippen LogP) is 5.09. The molecule has 1 aliphatic heterocycles. The van der Waals surface area contributed by atoms with Crippen molar-refractivity contribution in [2.24, 2.45) is 0 Å². The van der Waals surface area contributed by atoms with Crippen LogP contribution in [0.3, 0.4) is 0 Å². The van der Waals surface area contributed by atoms with Crippen LogP contribution >= 0.6 is 0 Å². The molecule has 7 heteroatoms. The van der Waals surface area contributed by atoms with Crippen molar-refractivity contribution < 1.29 is 17.9 Å². The van der Waals surface area contributed by atoms with E-state index in [0.29, 0.717) is 28.1 Å². The van der Waals surface area contributed by atoms with E-state index in [2.05, 4.69) is 11.9 Å². The molecule has 0 saturated carbocycles. The van der Waals surface area contributed by atoms with Crippen molar-refractivity contribution in [1.82, 2.24) is 0 Å². The fourth-order valence-corrected chi connectivity index (χ4v) is 5.34. The van der Waals surface area contributed by atoms with Crippen LogP contribution in [0.5, 0.6) is 5.75 Å². The number of ether oxygens (including phenoxy) is 1. The summed E-state index contributed by atoms with van der Waals surface area (Å²) in [5.41, 5.74) is 2.85. The molecule has 3 aromatic carbocycles. The summed E-state index contributed by atoms with van der Waals surface area (Å²) in [5, 5.41) is 2.88. The summed E-state index contributed by atoms with van der Waals surface area (Å²) in [4.78, 5) is 13.1. The number of benzene rings is 3. The first kappa shape index (κ1) is 21.6. The molecule has 3 aromatic rings. The van der Waals surface area contributed by atoms with Gasteiger partial charge in [0, 0.05) is 22.4 Å². The quantitative estimate of drug-likeness (QED) is 0.533. The first-order valence-electron chi connectivity index (χ1n) is 10.3. The molecule has 6 nitrogen and oxygen atoms in total. The minimum Gasteiger partial charge on any atom is -0.491 e. The fraction of sp³-hybridized carbons (Fsp3) is 0.160. The second kappa shape index (κ2) is 8.51. The van der Waals surface area contributed by atoms with Gasteiger partial charge in [0.25, 0.3) is 15.9 Å². The van der Waals surface area contributed by atoms with Crippen LogP contribution in [0.15, 0.2) is 84.3 Å². The third-order valence-electron chi connectivity index (χ3n) is 5.05. The van der Waals surface area contributed by atoms with E-state index >= 15 is 0 Å². The van der Waals surface area contributed by atoms with E-state index < -0.39 is 10.0 Å². The van der Waals surface area contributed by atoms with Crippen molar-refractivity contribution >= 4 is 27.3 Å². The second-order valence-corrected chi connectivity index (χ2v) is 9.53. The van der Waals surface area contributed by atoms with Crippen LogP contribution in [0.2, 0.25) is 0 Å². The number of hydrogen-bond donors (Lipinski definition) is 1. The van der Waals surface area contributed by atoms with Gasteiger partial charge in [-0.3, -0.25) is 9.10 Å². The molecule has 32 heavy (non-hydrogen) atoms. The molecule has 1 amide bonds. The summed E-state index contributed by atoms with van der Waals surface area (Å²) in [6.45, 7) is 7.72. The smallest absolute Gasteiger partial charge is 0.265 e. The molecule has 0 bridgehead atoms. The third kappa shape index (κ3) is 3.99. The molecule has 0 radical (unpaired) electrons. The maximum absolute atomic E-state index is 13.1. The van der Waals surface area contributed by atoms with Crippen LogP contribution in [0.25, 0.3) is 11.1 Å². The molecule has 0 atom stereocenters. The molecule has 0 aromatic heterocycles. The zero-order valence-electron chi connectivity index (χ0n) is 17.9. The Bertz CT molecular complexity index is 1280. The summed E-state index contributed by atoms with van der Waals surface area (Å²) in [6, 6.07) is 19.0. The Labute approximate surface area is 188 Å². The van der Waals surface area contributed by atoms with Crippen molar-refractivity contribution in [3.8, 4) is 16.9 Å². The topological polar surface area (TPSA) is 75.7 Å². The molecule has 1 heterocycles. The summed E-state index contributed by atoms with van der Waals surface area (Å²) >= 11 is 0. The average Bonchev–Trinajstić information content (AvgIpc) is 2.77. The number of nitrogens with one attached hydrogen (secondary N) is 1. The molecule has 0 fully saturated rings. The van der Waals surface area contributed by atoms with Gasteiger partial charge in [0.05, 0.1) is 23.2 Å². The Kier molecular flexibility index (Phi) is 5.76. The van der Waals surface area contributed by atoms with E-state index in [1.165, 1.54) is 4.31 Å². The summed E-state index contributed by atoms with van der Waals surface area (Å²) in [5.74, 6) is 0.443. The van der Waals surface area contributed by atoms with E-state index in [1.54, 1.807) is 72.8 Å². The number of fused-ring (bicyclic) bond motifs is 3. The van der Waals surface area contributed by atoms with Crippen molar-refractivity contribution in [1.29, 1.82) is 0 Å². The van der Waals surface area contributed by atoms with Crippen molar-refractivity contribution in [2.75, 3.05) is 16.2 Å². The van der Waals surface area contributed by atoms with Gasteiger partial charge in [-0.05, 0) is 62.4 Å². The molecule has 164 valence electrons. The van der Waals surface area contributed by atoms with Crippen LogP contribution < -0.4 is 14.4 Å². The SMILES string of the molecule is C=CCN1c2ccc(C(=O)Nc3ccc(OC(C)C)cc3)cc2-c2ccccc2S1(=O)=O. The van der Waals surface area contributed by atoms with E-state index in [1.807, 2.05) is 13.8 Å². The highest BCUT2D eigenvalue weighted by molar-refractivity contribution is 7.93. The van der Waals surface area contributed by atoms with Crippen molar-refractivity contribution in [2.45, 2.75) is 24.8 Å². The molecule has 0 spiro atoms. The number of carbonyl (C=O) groups is 1. The van der Waals surface area contributed by atoms with E-state index in [-0.39, 0.29) is 23.5 Å². The standard InChI is InChI=1S/C25H24N2O4S/c1-4-15-27-23-14-9-18(16-22(23)21-7-5-6-8-24(21)32(27,29)30)25(28)26-19-10-12-20(13-11-19)31-17(2)3/h4-14,16-17H,1,15H2,2-3H3,(H,26,28). The number of amides is 1. The predicted molar refractivity (Wildman–Crippen MR) is 127 cm³/mol. The minimum absolute atomic E-state index is 0.0679. The van der Waals surface area contributed by atoms with Gasteiger partial charge >= 0.3 is 0 Å². The first-order chi connectivity index (χ1) is 15.3. The average molecular weight is 449 g/mol. The molecular weight excluding hydrogens is 424 g/mol. The van der Waals surface area contributed by atoms with Crippen LogP contribution in [-0.2, 0) is 10.0 Å². The molecule has 0 unspecified atom stereocenters. The largest absolute Gasteiger partial charge is 0.491 e. The Morgan fingerprint density at radius 3 is 2.47 bits per heavy atom. The first-order valence-corrected chi connectivity index (χ1v) is 11.7. The lowest BCUT2D eigenvalue weighted by molar-refractivity contribution is 0.102. The van der Waals surface area contributed by atoms with Crippen LogP contribution in [0, 0.1) is 0 Å². The fourth-order valence-electron chi connectivity index (χ4n) is 3.68. The monoisotopic (exact) mass is 448 g/mol. The summed E-state index contributed by atoms with van der Waals surface area (Å²) in [7, 11) is -3.70. The highest BCUT2D eigenvalue weighted by Gasteiger charge is 2.34. The van der Waals surface area contributed by atoms with Crippen LogP contribution in [0.4, 0.5) is 11.4 Å². The van der Waals surface area contributed by atoms with Gasteiger partial charge in [-0.1, -0.05) is 24.3 Å². The van der Waals surface area contributed by atoms with Crippen molar-refractivity contribution in [3.63, 3.8) is 0 Å². The molecule has 1 N–H and O–H groups in total. The molecular formula is C25H24N2O4S. The number of sulfonamides is 1. The van der Waals surface area contributed by atoms with Gasteiger partial charge in [-0.15, -0.1) is 6.58 Å². The van der Waals surface area contributed by atoms with E-state index in [9.17, 15) is 13.2 Å². The van der Waals surface area contributed by atoms with E-state index in [0.717, 1.165) is 5.75 Å². The Morgan fingerprint density at radius 2 is 1.78 bits per heavy atom. The Hall–Kier alpha value is -3.58. The van der Waals surface area contributed by atoms with E-state index in [4.69, 9.17) is 4.74 Å². The van der Waals surface area contributed by atoms with Gasteiger partial charge in [-0.25, -0.2) is 8.42 Å². The highest BCUT2D eigenvalue weighted by Crippen LogP contribution is 2.43. The molecule has 0 aliphatic carbocycles. The number of anilines is 2. The lowest BCUT2D eigenvalue weighted by Crippen LogP contribution is -2.34. The highest BCUT2D eigenvalue weighted by atomic mass is 32.2. The Balaban J connectivity index is 1.68. The number of rotatable bonds is 6. The van der Waals surface area contributed by atoms with Gasteiger partial charge in [0.2, 0.25) is 0 Å². The summed E-state index contributed by atoms with van der Waals surface area (Å²) in [6.07, 6.45) is 1.61. The molecule has 0 saturated heterocycles. The zero-order valence-corrected chi connectivity index (χ0v) is 18.7. The second-order valence-electron chi connectivity index (χ2n) is 7.70. The van der Waals surface area contributed by atoms with Crippen LogP contribution in [0.1, 0.15) is 24.2 Å². The maximum Gasteiger partial charge on any atom is 0.265 e. The summed E-state index contributed by atoms with van der Waals surface area (Å²) < 4.78 is 33.1. The van der Waals surface area contributed by atoms with Crippen LogP contribution in [-0.4, -0.2) is 27.0 Å². The number of nitrogens with zero attached hydrogens (tertiary/aromatic N) is 1.